The summed E-state index contributed by atoms with van der Waals surface area (Å²) < 4.78 is 39.8. The fourth-order valence-corrected chi connectivity index (χ4v) is 5.42. The highest BCUT2D eigenvalue weighted by atomic mass is 32.2. The number of halogens is 1. The number of nitrogens with zero attached hydrogens (tertiary/aromatic N) is 1. The van der Waals surface area contributed by atoms with Crippen LogP contribution in [-0.4, -0.2) is 44.9 Å². The van der Waals surface area contributed by atoms with Gasteiger partial charge in [0.2, 0.25) is 10.0 Å². The minimum atomic E-state index is -3.49. The Morgan fingerprint density at radius 2 is 1.78 bits per heavy atom. The number of sulfonamides is 1. The van der Waals surface area contributed by atoms with Crippen molar-refractivity contribution in [2.75, 3.05) is 26.2 Å². The van der Waals surface area contributed by atoms with Crippen LogP contribution in [0.5, 0.6) is 0 Å². The van der Waals surface area contributed by atoms with Crippen molar-refractivity contribution in [2.45, 2.75) is 43.5 Å². The molecule has 2 aliphatic rings. The van der Waals surface area contributed by atoms with Gasteiger partial charge in [0.25, 0.3) is 0 Å². The quantitative estimate of drug-likeness (QED) is 0.900. The first-order chi connectivity index (χ1) is 11.0. The van der Waals surface area contributed by atoms with E-state index in [4.69, 9.17) is 0 Å². The number of quaternary nitrogens is 1. The van der Waals surface area contributed by atoms with Crippen LogP contribution < -0.4 is 4.90 Å². The number of hydrogen-bond acceptors (Lipinski definition) is 2. The molecule has 2 atom stereocenters. The Kier molecular flexibility index (Phi) is 5.04. The van der Waals surface area contributed by atoms with E-state index < -0.39 is 15.8 Å². The molecule has 1 aliphatic heterocycles. The summed E-state index contributed by atoms with van der Waals surface area (Å²) in [6, 6.07) is 5.81. The van der Waals surface area contributed by atoms with Gasteiger partial charge in [-0.2, -0.15) is 4.31 Å². The molecule has 1 N–H and O–H groups in total. The largest absolute Gasteiger partial charge is 0.330 e. The van der Waals surface area contributed by atoms with E-state index in [1.54, 1.807) is 9.21 Å². The molecule has 0 amide bonds. The zero-order valence-electron chi connectivity index (χ0n) is 13.7. The molecule has 1 saturated heterocycles. The van der Waals surface area contributed by atoms with Crippen LogP contribution in [0.3, 0.4) is 0 Å². The molecule has 1 aromatic carbocycles. The van der Waals surface area contributed by atoms with E-state index in [1.165, 1.54) is 49.9 Å². The summed E-state index contributed by atoms with van der Waals surface area (Å²) in [7, 11) is -3.49. The molecule has 0 spiro atoms. The van der Waals surface area contributed by atoms with E-state index in [-0.39, 0.29) is 4.90 Å². The Bertz CT molecular complexity index is 624. The highest BCUT2D eigenvalue weighted by Gasteiger charge is 2.34. The number of benzene rings is 1. The highest BCUT2D eigenvalue weighted by molar-refractivity contribution is 7.89. The second-order valence-electron chi connectivity index (χ2n) is 6.98. The van der Waals surface area contributed by atoms with Crippen molar-refractivity contribution in [1.29, 1.82) is 0 Å². The van der Waals surface area contributed by atoms with Crippen molar-refractivity contribution in [2.24, 2.45) is 5.92 Å². The van der Waals surface area contributed by atoms with Gasteiger partial charge in [0.15, 0.2) is 0 Å². The molecule has 4 nitrogen and oxygen atoms in total. The molecule has 0 aromatic heterocycles. The number of nitrogens with one attached hydrogen (secondary N) is 1. The summed E-state index contributed by atoms with van der Waals surface area (Å²) in [6.45, 7) is 5.18. The minimum absolute atomic E-state index is 0.189. The smallest absolute Gasteiger partial charge is 0.243 e. The van der Waals surface area contributed by atoms with Gasteiger partial charge in [-0.1, -0.05) is 13.3 Å². The van der Waals surface area contributed by atoms with Gasteiger partial charge in [-0.25, -0.2) is 12.8 Å². The van der Waals surface area contributed by atoms with Gasteiger partial charge in [-0.3, -0.25) is 0 Å². The van der Waals surface area contributed by atoms with Crippen LogP contribution in [0.2, 0.25) is 0 Å². The molecule has 0 bridgehead atoms. The summed E-state index contributed by atoms with van der Waals surface area (Å²) in [5.41, 5.74) is 0. The summed E-state index contributed by atoms with van der Waals surface area (Å²) in [4.78, 5) is 1.75. The lowest BCUT2D eigenvalue weighted by atomic mass is 9.86. The van der Waals surface area contributed by atoms with Crippen molar-refractivity contribution in [1.82, 2.24) is 4.31 Å². The number of piperazine rings is 1. The van der Waals surface area contributed by atoms with Crippen molar-refractivity contribution in [3.8, 4) is 0 Å². The Morgan fingerprint density at radius 3 is 2.39 bits per heavy atom. The first-order valence-electron chi connectivity index (χ1n) is 8.57. The maximum Gasteiger partial charge on any atom is 0.243 e. The lowest BCUT2D eigenvalue weighted by molar-refractivity contribution is -0.930. The van der Waals surface area contributed by atoms with Crippen molar-refractivity contribution >= 4 is 10.0 Å². The van der Waals surface area contributed by atoms with Crippen LogP contribution in [0.25, 0.3) is 0 Å². The molecular weight excluding hydrogens is 315 g/mol. The van der Waals surface area contributed by atoms with Gasteiger partial charge < -0.3 is 4.90 Å². The maximum absolute atomic E-state index is 13.0. The lowest BCUT2D eigenvalue weighted by Crippen LogP contribution is -3.18. The Hall–Kier alpha value is -0.980. The van der Waals surface area contributed by atoms with Crippen molar-refractivity contribution in [3.05, 3.63) is 30.1 Å². The third-order valence-corrected chi connectivity index (χ3v) is 7.24. The zero-order valence-corrected chi connectivity index (χ0v) is 14.5. The molecule has 0 unspecified atom stereocenters. The first-order valence-corrected chi connectivity index (χ1v) is 10.0. The summed E-state index contributed by atoms with van der Waals surface area (Å²) >= 11 is 0. The summed E-state index contributed by atoms with van der Waals surface area (Å²) in [5, 5.41) is 0. The third-order valence-electron chi connectivity index (χ3n) is 5.33. The van der Waals surface area contributed by atoms with Crippen LogP contribution in [-0.2, 0) is 10.0 Å². The molecule has 0 radical (unpaired) electrons. The van der Waals surface area contributed by atoms with Crippen LogP contribution >= 0.6 is 0 Å². The van der Waals surface area contributed by atoms with Gasteiger partial charge >= 0.3 is 0 Å². The maximum atomic E-state index is 13.0. The normalized spacial score (nSPS) is 27.9. The van der Waals surface area contributed by atoms with E-state index in [2.05, 4.69) is 6.92 Å². The SMILES string of the molecule is C[C@H]1CCC[C@H]([NH+]2CCN(S(=O)(=O)c3ccc(F)cc3)CC2)C1. The Balaban J connectivity index is 1.63. The third kappa shape index (κ3) is 3.75. The average Bonchev–Trinajstić information content (AvgIpc) is 2.55. The zero-order chi connectivity index (χ0) is 16.4. The van der Waals surface area contributed by atoms with Crippen molar-refractivity contribution in [3.63, 3.8) is 0 Å². The van der Waals surface area contributed by atoms with E-state index in [0.717, 1.165) is 19.0 Å². The molecule has 1 aromatic rings. The number of hydrogen-bond donors (Lipinski definition) is 1. The first kappa shape index (κ1) is 16.9. The van der Waals surface area contributed by atoms with Gasteiger partial charge in [-0.15, -0.1) is 0 Å². The predicted molar refractivity (Wildman–Crippen MR) is 87.3 cm³/mol. The van der Waals surface area contributed by atoms with Gasteiger partial charge in [0.05, 0.1) is 37.1 Å². The van der Waals surface area contributed by atoms with Gasteiger partial charge in [0.1, 0.15) is 5.82 Å². The second-order valence-corrected chi connectivity index (χ2v) is 8.92. The van der Waals surface area contributed by atoms with E-state index in [0.29, 0.717) is 19.1 Å². The number of rotatable bonds is 3. The fourth-order valence-electron chi connectivity index (χ4n) is 3.98. The minimum Gasteiger partial charge on any atom is -0.330 e. The van der Waals surface area contributed by atoms with Gasteiger partial charge in [-0.05, 0) is 43.0 Å². The molecule has 23 heavy (non-hydrogen) atoms. The van der Waals surface area contributed by atoms with Crippen LogP contribution in [0.1, 0.15) is 32.6 Å². The Morgan fingerprint density at radius 1 is 1.13 bits per heavy atom. The molecule has 1 heterocycles. The molecule has 3 rings (SSSR count). The molecule has 1 saturated carbocycles. The summed E-state index contributed by atoms with van der Waals surface area (Å²) in [5.74, 6) is 0.381. The van der Waals surface area contributed by atoms with Gasteiger partial charge in [0, 0.05) is 6.42 Å². The van der Waals surface area contributed by atoms with E-state index in [1.807, 2.05) is 0 Å². The van der Waals surface area contributed by atoms with Crippen LogP contribution in [0.15, 0.2) is 29.2 Å². The Labute approximate surface area is 138 Å². The second kappa shape index (κ2) is 6.87. The highest BCUT2D eigenvalue weighted by Crippen LogP contribution is 2.22. The van der Waals surface area contributed by atoms with E-state index in [9.17, 15) is 12.8 Å². The fraction of sp³-hybridized carbons (Fsp3) is 0.647. The molecule has 2 fully saturated rings. The molecule has 6 heteroatoms. The lowest BCUT2D eigenvalue weighted by Gasteiger charge is -2.38. The predicted octanol–water partition coefficient (Wildman–Crippen LogP) is 1.29. The molecule has 128 valence electrons. The van der Waals surface area contributed by atoms with E-state index >= 15 is 0 Å². The van der Waals surface area contributed by atoms with Crippen molar-refractivity contribution < 1.29 is 17.7 Å². The van der Waals surface area contributed by atoms with Crippen LogP contribution in [0.4, 0.5) is 4.39 Å². The average molecular weight is 341 g/mol. The van der Waals surface area contributed by atoms with Crippen LogP contribution in [0, 0.1) is 11.7 Å². The molecule has 1 aliphatic carbocycles. The molecular formula is C17H26FN2O2S+. The standard InChI is InChI=1S/C17H25FN2O2S/c1-14-3-2-4-16(13-14)19-9-11-20(12-10-19)23(21,22)17-7-5-15(18)6-8-17/h5-8,14,16H,2-4,9-13H2,1H3/p+1/t14-,16-/m0/s1. The summed E-state index contributed by atoms with van der Waals surface area (Å²) in [6.07, 6.45) is 5.16. The topological polar surface area (TPSA) is 41.8 Å². The monoisotopic (exact) mass is 341 g/mol.